The molecule has 0 radical (unpaired) electrons. The molecule has 0 aliphatic carbocycles. The number of morpholine rings is 1. The van der Waals surface area contributed by atoms with E-state index in [-0.39, 0.29) is 5.82 Å². The van der Waals surface area contributed by atoms with Crippen LogP contribution in [0.1, 0.15) is 5.56 Å². The van der Waals surface area contributed by atoms with Crippen LogP contribution in [0, 0.1) is 5.82 Å². The molecule has 1 saturated heterocycles. The summed E-state index contributed by atoms with van der Waals surface area (Å²) in [4.78, 5) is 17.2. The molecule has 0 saturated carbocycles. The minimum absolute atomic E-state index is 0.323. The van der Waals surface area contributed by atoms with Crippen LogP contribution < -0.4 is 4.74 Å². The third kappa shape index (κ3) is 4.27. The van der Waals surface area contributed by atoms with E-state index >= 15 is 0 Å². The molecule has 1 aromatic carbocycles. The molecule has 24 heavy (non-hydrogen) atoms. The van der Waals surface area contributed by atoms with Crippen LogP contribution in [0.5, 0.6) is 11.6 Å². The molecule has 1 aliphatic rings. The second kappa shape index (κ2) is 7.37. The fourth-order valence-electron chi connectivity index (χ4n) is 2.44. The van der Waals surface area contributed by atoms with E-state index in [9.17, 15) is 9.18 Å². The topological polar surface area (TPSA) is 71.9 Å². The van der Waals surface area contributed by atoms with E-state index in [0.717, 1.165) is 5.56 Å². The number of ether oxygens (including phenoxy) is 2. The van der Waals surface area contributed by atoms with Crippen molar-refractivity contribution in [3.05, 3.63) is 54.0 Å². The van der Waals surface area contributed by atoms with E-state index in [0.29, 0.717) is 37.9 Å². The molecular formula is C17H17FN2O4. The predicted octanol–water partition coefficient (Wildman–Crippen LogP) is 2.30. The number of aliphatic carboxylic acids is 1. The summed E-state index contributed by atoms with van der Waals surface area (Å²) in [5, 5.41) is 9.01. The number of hydrogen-bond acceptors (Lipinski definition) is 5. The van der Waals surface area contributed by atoms with Crippen LogP contribution in [0.3, 0.4) is 0 Å². The zero-order valence-corrected chi connectivity index (χ0v) is 12.9. The number of nitrogens with zero attached hydrogens (tertiary/aromatic N) is 2. The lowest BCUT2D eigenvalue weighted by atomic mass is 10.2. The van der Waals surface area contributed by atoms with E-state index in [1.165, 1.54) is 24.3 Å². The number of aromatic nitrogens is 1. The molecule has 7 heteroatoms. The van der Waals surface area contributed by atoms with Gasteiger partial charge in [0.15, 0.2) is 6.10 Å². The van der Waals surface area contributed by atoms with Gasteiger partial charge in [-0.15, -0.1) is 0 Å². The van der Waals surface area contributed by atoms with Gasteiger partial charge in [0.2, 0.25) is 5.88 Å². The highest BCUT2D eigenvalue weighted by molar-refractivity contribution is 5.72. The molecule has 3 rings (SSSR count). The largest absolute Gasteiger partial charge is 0.479 e. The lowest BCUT2D eigenvalue weighted by molar-refractivity contribution is -0.156. The summed E-state index contributed by atoms with van der Waals surface area (Å²) in [7, 11) is 0. The van der Waals surface area contributed by atoms with Gasteiger partial charge in [-0.05, 0) is 29.8 Å². The second-order valence-electron chi connectivity index (χ2n) is 5.49. The van der Waals surface area contributed by atoms with Gasteiger partial charge in [0.1, 0.15) is 11.6 Å². The third-order valence-corrected chi connectivity index (χ3v) is 3.67. The van der Waals surface area contributed by atoms with Crippen LogP contribution in [0.2, 0.25) is 0 Å². The number of pyridine rings is 1. The van der Waals surface area contributed by atoms with Gasteiger partial charge in [-0.2, -0.15) is 0 Å². The molecule has 1 unspecified atom stereocenters. The average Bonchev–Trinajstić information content (AvgIpc) is 2.59. The normalized spacial score (nSPS) is 18.3. The van der Waals surface area contributed by atoms with Crippen molar-refractivity contribution >= 4 is 5.97 Å². The van der Waals surface area contributed by atoms with Crippen LogP contribution in [0.4, 0.5) is 4.39 Å². The first-order valence-corrected chi connectivity index (χ1v) is 7.55. The van der Waals surface area contributed by atoms with Crippen LogP contribution in [0.15, 0.2) is 42.6 Å². The summed E-state index contributed by atoms with van der Waals surface area (Å²) >= 11 is 0. The van der Waals surface area contributed by atoms with Crippen molar-refractivity contribution in [2.75, 3.05) is 19.7 Å². The van der Waals surface area contributed by atoms with Gasteiger partial charge in [0.25, 0.3) is 0 Å². The van der Waals surface area contributed by atoms with E-state index < -0.39 is 12.1 Å². The van der Waals surface area contributed by atoms with Crippen molar-refractivity contribution in [2.24, 2.45) is 0 Å². The lowest BCUT2D eigenvalue weighted by Gasteiger charge is -2.30. The number of carbonyl (C=O) groups is 1. The molecule has 1 N–H and O–H groups in total. The molecule has 0 bridgehead atoms. The number of carboxylic acids is 1. The van der Waals surface area contributed by atoms with Crippen LogP contribution >= 0.6 is 0 Å². The Morgan fingerprint density at radius 1 is 1.33 bits per heavy atom. The maximum Gasteiger partial charge on any atom is 0.334 e. The van der Waals surface area contributed by atoms with Gasteiger partial charge in [0, 0.05) is 31.9 Å². The SMILES string of the molecule is O=C(O)C1CN(Cc2ccc(Oc3ccc(F)cc3)nc2)CCO1. The Hall–Kier alpha value is -2.51. The van der Waals surface area contributed by atoms with Gasteiger partial charge in [0.05, 0.1) is 6.61 Å². The van der Waals surface area contributed by atoms with Gasteiger partial charge >= 0.3 is 5.97 Å². The van der Waals surface area contributed by atoms with E-state index in [1.54, 1.807) is 12.3 Å². The number of rotatable bonds is 5. The first-order valence-electron chi connectivity index (χ1n) is 7.55. The second-order valence-corrected chi connectivity index (χ2v) is 5.49. The van der Waals surface area contributed by atoms with E-state index in [1.807, 2.05) is 11.0 Å². The Kier molecular flexibility index (Phi) is 5.02. The summed E-state index contributed by atoms with van der Waals surface area (Å²) < 4.78 is 23.6. The molecular weight excluding hydrogens is 315 g/mol. The Morgan fingerprint density at radius 3 is 2.79 bits per heavy atom. The lowest BCUT2D eigenvalue weighted by Crippen LogP contribution is -2.45. The van der Waals surface area contributed by atoms with Crippen molar-refractivity contribution in [3.8, 4) is 11.6 Å². The summed E-state index contributed by atoms with van der Waals surface area (Å²) in [6.45, 7) is 2.02. The minimum atomic E-state index is -0.944. The smallest absolute Gasteiger partial charge is 0.334 e. The zero-order valence-electron chi connectivity index (χ0n) is 12.9. The number of hydrogen-bond donors (Lipinski definition) is 1. The average molecular weight is 332 g/mol. The quantitative estimate of drug-likeness (QED) is 0.906. The third-order valence-electron chi connectivity index (χ3n) is 3.67. The molecule has 0 spiro atoms. The fraction of sp³-hybridized carbons (Fsp3) is 0.294. The highest BCUT2D eigenvalue weighted by Crippen LogP contribution is 2.20. The molecule has 1 atom stereocenters. The first-order chi connectivity index (χ1) is 11.6. The summed E-state index contributed by atoms with van der Waals surface area (Å²) in [6, 6.07) is 9.31. The highest BCUT2D eigenvalue weighted by atomic mass is 19.1. The fourth-order valence-corrected chi connectivity index (χ4v) is 2.44. The molecule has 1 fully saturated rings. The van der Waals surface area contributed by atoms with Crippen molar-refractivity contribution in [1.82, 2.24) is 9.88 Å². The van der Waals surface area contributed by atoms with Crippen molar-refractivity contribution in [1.29, 1.82) is 0 Å². The summed E-state index contributed by atoms with van der Waals surface area (Å²) in [6.07, 6.45) is 0.900. The Balaban J connectivity index is 1.58. The monoisotopic (exact) mass is 332 g/mol. The Labute approximate surface area is 138 Å². The molecule has 0 amide bonds. The van der Waals surface area contributed by atoms with Crippen LogP contribution in [0.25, 0.3) is 0 Å². The van der Waals surface area contributed by atoms with Gasteiger partial charge in [-0.3, -0.25) is 4.90 Å². The molecule has 2 heterocycles. The van der Waals surface area contributed by atoms with Crippen LogP contribution in [-0.2, 0) is 16.1 Å². The molecule has 1 aliphatic heterocycles. The van der Waals surface area contributed by atoms with E-state index in [2.05, 4.69) is 4.98 Å². The molecule has 6 nitrogen and oxygen atoms in total. The van der Waals surface area contributed by atoms with Crippen molar-refractivity contribution in [3.63, 3.8) is 0 Å². The number of benzene rings is 1. The standard InChI is InChI=1S/C17H17FN2O4/c18-13-2-4-14(5-3-13)24-16-6-1-12(9-19-16)10-20-7-8-23-15(11-20)17(21)22/h1-6,9,15H,7-8,10-11H2,(H,21,22). The van der Waals surface area contributed by atoms with Gasteiger partial charge in [-0.25, -0.2) is 14.2 Å². The van der Waals surface area contributed by atoms with Gasteiger partial charge < -0.3 is 14.6 Å². The molecule has 126 valence electrons. The summed E-state index contributed by atoms with van der Waals surface area (Å²) in [5.41, 5.74) is 0.951. The first kappa shape index (κ1) is 16.4. The molecule has 2 aromatic rings. The highest BCUT2D eigenvalue weighted by Gasteiger charge is 2.26. The van der Waals surface area contributed by atoms with Crippen molar-refractivity contribution < 1.29 is 23.8 Å². The maximum atomic E-state index is 12.9. The summed E-state index contributed by atoms with van der Waals surface area (Å²) in [5.74, 6) is -0.346. The van der Waals surface area contributed by atoms with Crippen LogP contribution in [-0.4, -0.2) is 46.8 Å². The number of halogens is 1. The van der Waals surface area contributed by atoms with E-state index in [4.69, 9.17) is 14.6 Å². The maximum absolute atomic E-state index is 12.9. The predicted molar refractivity (Wildman–Crippen MR) is 83.4 cm³/mol. The molecule has 1 aromatic heterocycles. The Bertz CT molecular complexity index is 691. The minimum Gasteiger partial charge on any atom is -0.479 e. The van der Waals surface area contributed by atoms with Crippen molar-refractivity contribution in [2.45, 2.75) is 12.6 Å². The Morgan fingerprint density at radius 2 is 2.12 bits per heavy atom. The zero-order chi connectivity index (χ0) is 16.9. The number of carboxylic acid groups (broad SMARTS) is 1. The van der Waals surface area contributed by atoms with Gasteiger partial charge in [-0.1, -0.05) is 6.07 Å².